The van der Waals surface area contributed by atoms with Crippen molar-refractivity contribution in [3.05, 3.63) is 70.8 Å². The summed E-state index contributed by atoms with van der Waals surface area (Å²) in [6, 6.07) is 7.04. The molecule has 2 aromatic rings. The lowest BCUT2D eigenvalue weighted by Crippen LogP contribution is -2.18. The second-order valence-electron chi connectivity index (χ2n) is 4.51. The Morgan fingerprint density at radius 1 is 1.32 bits per heavy atom. The van der Waals surface area contributed by atoms with E-state index in [-0.39, 0.29) is 5.56 Å². The van der Waals surface area contributed by atoms with E-state index in [1.165, 1.54) is 4.57 Å². The van der Waals surface area contributed by atoms with Gasteiger partial charge >= 0.3 is 0 Å². The molecule has 2 aromatic heterocycles. The van der Waals surface area contributed by atoms with Gasteiger partial charge in [-0.25, -0.2) is 4.98 Å². The fourth-order valence-electron chi connectivity index (χ4n) is 1.87. The Bertz CT molecular complexity index is 711. The standard InChI is InChI=1S/C16H16N2O/c1-5-13-7-8-14(17-16(13)11(2)3)18-10-12(4)6-9-15(18)19/h5-10H,1-2H2,3-4H3. The summed E-state index contributed by atoms with van der Waals surface area (Å²) in [5.41, 5.74) is 3.43. The van der Waals surface area contributed by atoms with Crippen LogP contribution < -0.4 is 5.56 Å². The molecule has 0 bridgehead atoms. The minimum Gasteiger partial charge on any atom is -0.269 e. The van der Waals surface area contributed by atoms with Crippen molar-refractivity contribution in [2.24, 2.45) is 0 Å². The van der Waals surface area contributed by atoms with Crippen LogP contribution in [-0.4, -0.2) is 9.55 Å². The second-order valence-corrected chi connectivity index (χ2v) is 4.51. The summed E-state index contributed by atoms with van der Waals surface area (Å²) < 4.78 is 1.54. The zero-order valence-corrected chi connectivity index (χ0v) is 11.2. The fourth-order valence-corrected chi connectivity index (χ4v) is 1.87. The van der Waals surface area contributed by atoms with Crippen LogP contribution in [0.3, 0.4) is 0 Å². The van der Waals surface area contributed by atoms with Crippen LogP contribution in [0.4, 0.5) is 0 Å². The van der Waals surface area contributed by atoms with Gasteiger partial charge in [0.1, 0.15) is 5.82 Å². The molecule has 0 aliphatic carbocycles. The summed E-state index contributed by atoms with van der Waals surface area (Å²) in [5.74, 6) is 0.595. The van der Waals surface area contributed by atoms with E-state index in [0.29, 0.717) is 5.82 Å². The Balaban J connectivity index is 2.67. The van der Waals surface area contributed by atoms with E-state index in [9.17, 15) is 4.79 Å². The molecule has 0 saturated heterocycles. The maximum atomic E-state index is 11.9. The van der Waals surface area contributed by atoms with E-state index < -0.39 is 0 Å². The molecule has 3 nitrogen and oxygen atoms in total. The van der Waals surface area contributed by atoms with Gasteiger partial charge in [-0.2, -0.15) is 0 Å². The Morgan fingerprint density at radius 2 is 2.05 bits per heavy atom. The van der Waals surface area contributed by atoms with Gasteiger partial charge in [0, 0.05) is 12.3 Å². The third kappa shape index (κ3) is 2.55. The van der Waals surface area contributed by atoms with Crippen LogP contribution in [0.1, 0.15) is 23.7 Å². The number of hydrogen-bond acceptors (Lipinski definition) is 2. The largest absolute Gasteiger partial charge is 0.269 e. The average molecular weight is 252 g/mol. The molecule has 19 heavy (non-hydrogen) atoms. The van der Waals surface area contributed by atoms with Crippen LogP contribution >= 0.6 is 0 Å². The minimum absolute atomic E-state index is 0.0999. The molecule has 0 spiro atoms. The third-order valence-electron chi connectivity index (χ3n) is 2.84. The molecule has 0 N–H and O–H groups in total. The van der Waals surface area contributed by atoms with E-state index in [4.69, 9.17) is 0 Å². The Morgan fingerprint density at radius 3 is 2.68 bits per heavy atom. The van der Waals surface area contributed by atoms with E-state index in [2.05, 4.69) is 18.1 Å². The summed E-state index contributed by atoms with van der Waals surface area (Å²) in [5, 5.41) is 0. The first kappa shape index (κ1) is 13.0. The van der Waals surface area contributed by atoms with Gasteiger partial charge in [0.2, 0.25) is 0 Å². The van der Waals surface area contributed by atoms with Gasteiger partial charge in [0.25, 0.3) is 5.56 Å². The van der Waals surface area contributed by atoms with Crippen molar-refractivity contribution in [3.63, 3.8) is 0 Å². The van der Waals surface area contributed by atoms with Gasteiger partial charge in [-0.3, -0.25) is 9.36 Å². The van der Waals surface area contributed by atoms with Crippen LogP contribution in [0.2, 0.25) is 0 Å². The molecule has 0 unspecified atom stereocenters. The molecule has 0 aliphatic heterocycles. The molecule has 0 atom stereocenters. The highest BCUT2D eigenvalue weighted by molar-refractivity contribution is 5.69. The van der Waals surface area contributed by atoms with Crippen molar-refractivity contribution in [3.8, 4) is 5.82 Å². The predicted octanol–water partition coefficient (Wildman–Crippen LogP) is 3.22. The Hall–Kier alpha value is -2.42. The predicted molar refractivity (Wildman–Crippen MR) is 79.4 cm³/mol. The molecule has 0 saturated carbocycles. The smallest absolute Gasteiger partial charge is 0.256 e. The first-order valence-electron chi connectivity index (χ1n) is 6.02. The number of allylic oxidation sites excluding steroid dienone is 1. The van der Waals surface area contributed by atoms with Crippen molar-refractivity contribution in [2.75, 3.05) is 0 Å². The molecule has 0 amide bonds. The summed E-state index contributed by atoms with van der Waals surface area (Å²) in [6.45, 7) is 11.5. The van der Waals surface area contributed by atoms with Gasteiger partial charge in [-0.05, 0) is 42.7 Å². The van der Waals surface area contributed by atoms with Gasteiger partial charge in [0.15, 0.2) is 0 Å². The van der Waals surface area contributed by atoms with Crippen LogP contribution in [-0.2, 0) is 0 Å². The van der Waals surface area contributed by atoms with Crippen molar-refractivity contribution in [1.29, 1.82) is 0 Å². The molecule has 3 heteroatoms. The van der Waals surface area contributed by atoms with E-state index in [0.717, 1.165) is 22.4 Å². The maximum Gasteiger partial charge on any atom is 0.256 e. The SMILES string of the molecule is C=Cc1ccc(-n2cc(C)ccc2=O)nc1C(=C)C. The topological polar surface area (TPSA) is 34.9 Å². The zero-order valence-electron chi connectivity index (χ0n) is 11.2. The van der Waals surface area contributed by atoms with E-state index in [1.807, 2.05) is 26.0 Å². The molecular formula is C16H16N2O. The van der Waals surface area contributed by atoms with E-state index in [1.54, 1.807) is 24.4 Å². The maximum absolute atomic E-state index is 11.9. The summed E-state index contributed by atoms with van der Waals surface area (Å²) in [4.78, 5) is 16.4. The van der Waals surface area contributed by atoms with Gasteiger partial charge in [0.05, 0.1) is 5.69 Å². The highest BCUT2D eigenvalue weighted by atomic mass is 16.1. The van der Waals surface area contributed by atoms with Gasteiger partial charge in [-0.15, -0.1) is 0 Å². The second kappa shape index (κ2) is 5.06. The fraction of sp³-hybridized carbons (Fsp3) is 0.125. The lowest BCUT2D eigenvalue weighted by atomic mass is 10.1. The minimum atomic E-state index is -0.0999. The summed E-state index contributed by atoms with van der Waals surface area (Å²) in [7, 11) is 0. The molecule has 0 aromatic carbocycles. The van der Waals surface area contributed by atoms with Crippen LogP contribution in [0.15, 0.2) is 48.4 Å². The highest BCUT2D eigenvalue weighted by Gasteiger charge is 2.07. The number of aryl methyl sites for hydroxylation is 1. The number of rotatable bonds is 3. The van der Waals surface area contributed by atoms with Crippen LogP contribution in [0.25, 0.3) is 17.5 Å². The number of nitrogens with zero attached hydrogens (tertiary/aromatic N) is 2. The zero-order chi connectivity index (χ0) is 14.0. The number of aromatic nitrogens is 2. The van der Waals surface area contributed by atoms with Crippen molar-refractivity contribution in [1.82, 2.24) is 9.55 Å². The van der Waals surface area contributed by atoms with Gasteiger partial charge in [-0.1, -0.05) is 25.3 Å². The lowest BCUT2D eigenvalue weighted by Gasteiger charge is -2.10. The first-order chi connectivity index (χ1) is 9.02. The van der Waals surface area contributed by atoms with Crippen LogP contribution in [0.5, 0.6) is 0 Å². The Kier molecular flexibility index (Phi) is 3.47. The molecule has 2 rings (SSSR count). The summed E-state index contributed by atoms with van der Waals surface area (Å²) >= 11 is 0. The first-order valence-corrected chi connectivity index (χ1v) is 6.02. The van der Waals surface area contributed by atoms with Crippen molar-refractivity contribution in [2.45, 2.75) is 13.8 Å². The van der Waals surface area contributed by atoms with Crippen molar-refractivity contribution >= 4 is 11.6 Å². The average Bonchev–Trinajstić information content (AvgIpc) is 2.40. The monoisotopic (exact) mass is 252 g/mol. The normalized spacial score (nSPS) is 10.2. The van der Waals surface area contributed by atoms with Crippen molar-refractivity contribution < 1.29 is 0 Å². The molecule has 0 radical (unpaired) electrons. The van der Waals surface area contributed by atoms with Crippen LogP contribution in [0, 0.1) is 6.92 Å². The van der Waals surface area contributed by atoms with E-state index >= 15 is 0 Å². The number of pyridine rings is 2. The molecular weight excluding hydrogens is 236 g/mol. The molecule has 0 fully saturated rings. The Labute approximate surface area is 112 Å². The molecule has 0 aliphatic rings. The number of hydrogen-bond donors (Lipinski definition) is 0. The quantitative estimate of drug-likeness (QED) is 0.840. The third-order valence-corrected chi connectivity index (χ3v) is 2.84. The van der Waals surface area contributed by atoms with Gasteiger partial charge < -0.3 is 0 Å². The molecule has 96 valence electrons. The summed E-state index contributed by atoms with van der Waals surface area (Å²) in [6.07, 6.45) is 3.51. The lowest BCUT2D eigenvalue weighted by molar-refractivity contribution is 0.926. The highest BCUT2D eigenvalue weighted by Crippen LogP contribution is 2.18. The molecule has 2 heterocycles.